The van der Waals surface area contributed by atoms with Crippen LogP contribution in [-0.4, -0.2) is 16.5 Å². The third kappa shape index (κ3) is 3.29. The molecule has 1 aromatic carbocycles. The molecule has 4 heteroatoms. The van der Waals surface area contributed by atoms with Crippen LogP contribution in [0.2, 0.25) is 0 Å². The molecule has 0 bridgehead atoms. The van der Waals surface area contributed by atoms with Gasteiger partial charge in [-0.2, -0.15) is 0 Å². The Labute approximate surface area is 116 Å². The number of hydrogen-bond acceptors (Lipinski definition) is 3. The van der Waals surface area contributed by atoms with Gasteiger partial charge in [-0.3, -0.25) is 0 Å². The number of halogens is 1. The molecule has 0 aliphatic carbocycles. The van der Waals surface area contributed by atoms with Crippen molar-refractivity contribution in [3.8, 4) is 0 Å². The molecule has 0 fully saturated rings. The van der Waals surface area contributed by atoms with Crippen molar-refractivity contribution in [1.82, 2.24) is 9.97 Å². The SMILES string of the molecule is CCNc1nc(Cc2ccc(C)cc2)ncc1Br. The minimum absolute atomic E-state index is 0.756. The maximum atomic E-state index is 4.51. The summed E-state index contributed by atoms with van der Waals surface area (Å²) in [6.07, 6.45) is 2.56. The molecule has 0 aliphatic heterocycles. The van der Waals surface area contributed by atoms with Crippen LogP contribution in [0.3, 0.4) is 0 Å². The predicted molar refractivity (Wildman–Crippen MR) is 77.9 cm³/mol. The summed E-state index contributed by atoms with van der Waals surface area (Å²) in [6, 6.07) is 8.46. The molecule has 0 aliphatic rings. The Balaban J connectivity index is 2.18. The van der Waals surface area contributed by atoms with Crippen LogP contribution in [0, 0.1) is 6.92 Å². The third-order valence-electron chi connectivity index (χ3n) is 2.62. The number of aromatic nitrogens is 2. The van der Waals surface area contributed by atoms with Crippen LogP contribution in [0.5, 0.6) is 0 Å². The van der Waals surface area contributed by atoms with Crippen molar-refractivity contribution < 1.29 is 0 Å². The maximum Gasteiger partial charge on any atom is 0.144 e. The van der Waals surface area contributed by atoms with E-state index in [2.05, 4.69) is 62.4 Å². The van der Waals surface area contributed by atoms with Crippen molar-refractivity contribution >= 4 is 21.7 Å². The lowest BCUT2D eigenvalue weighted by Crippen LogP contribution is -2.04. The standard InChI is InChI=1S/C14H16BrN3/c1-3-16-14-12(15)9-17-13(18-14)8-11-6-4-10(2)5-7-11/h4-7,9H,3,8H2,1-2H3,(H,16,17,18). The van der Waals surface area contributed by atoms with Gasteiger partial charge in [-0.25, -0.2) is 9.97 Å². The molecule has 1 N–H and O–H groups in total. The normalized spacial score (nSPS) is 10.4. The second kappa shape index (κ2) is 5.96. The van der Waals surface area contributed by atoms with Crippen molar-refractivity contribution in [2.75, 3.05) is 11.9 Å². The fourth-order valence-electron chi connectivity index (χ4n) is 1.67. The summed E-state index contributed by atoms with van der Waals surface area (Å²) in [5.41, 5.74) is 2.49. The molecule has 18 heavy (non-hydrogen) atoms. The van der Waals surface area contributed by atoms with Crippen molar-refractivity contribution in [3.63, 3.8) is 0 Å². The van der Waals surface area contributed by atoms with Crippen LogP contribution in [0.4, 0.5) is 5.82 Å². The largest absolute Gasteiger partial charge is 0.369 e. The summed E-state index contributed by atoms with van der Waals surface area (Å²) in [6.45, 7) is 4.98. The summed E-state index contributed by atoms with van der Waals surface area (Å²) in [5, 5.41) is 3.21. The number of nitrogens with zero attached hydrogens (tertiary/aromatic N) is 2. The van der Waals surface area contributed by atoms with Crippen molar-refractivity contribution in [2.24, 2.45) is 0 Å². The van der Waals surface area contributed by atoms with Crippen LogP contribution in [0.1, 0.15) is 23.9 Å². The Kier molecular flexibility index (Phi) is 4.31. The van der Waals surface area contributed by atoms with Gasteiger partial charge in [0, 0.05) is 19.2 Å². The van der Waals surface area contributed by atoms with Gasteiger partial charge in [0.15, 0.2) is 0 Å². The van der Waals surface area contributed by atoms with Crippen LogP contribution in [0.25, 0.3) is 0 Å². The van der Waals surface area contributed by atoms with Gasteiger partial charge in [-0.15, -0.1) is 0 Å². The molecule has 1 aromatic heterocycles. The quantitative estimate of drug-likeness (QED) is 0.938. The fraction of sp³-hybridized carbons (Fsp3) is 0.286. The van der Waals surface area contributed by atoms with E-state index in [4.69, 9.17) is 0 Å². The van der Waals surface area contributed by atoms with Gasteiger partial charge in [-0.05, 0) is 35.3 Å². The predicted octanol–water partition coefficient (Wildman–Crippen LogP) is 3.57. The zero-order valence-corrected chi connectivity index (χ0v) is 12.2. The molecular weight excluding hydrogens is 290 g/mol. The number of rotatable bonds is 4. The molecule has 94 valence electrons. The number of anilines is 1. The molecule has 0 saturated heterocycles. The van der Waals surface area contributed by atoms with Gasteiger partial charge < -0.3 is 5.32 Å². The lowest BCUT2D eigenvalue weighted by Gasteiger charge is -2.07. The minimum atomic E-state index is 0.756. The topological polar surface area (TPSA) is 37.8 Å². The Bertz CT molecular complexity index is 523. The first-order chi connectivity index (χ1) is 8.69. The first-order valence-electron chi connectivity index (χ1n) is 6.00. The fourth-order valence-corrected chi connectivity index (χ4v) is 2.00. The van der Waals surface area contributed by atoms with Crippen molar-refractivity contribution in [2.45, 2.75) is 20.3 Å². The molecular formula is C14H16BrN3. The van der Waals surface area contributed by atoms with Gasteiger partial charge in [-0.1, -0.05) is 29.8 Å². The van der Waals surface area contributed by atoms with E-state index in [-0.39, 0.29) is 0 Å². The van der Waals surface area contributed by atoms with E-state index in [1.54, 1.807) is 6.20 Å². The molecule has 0 spiro atoms. The molecule has 3 nitrogen and oxygen atoms in total. The molecule has 0 saturated carbocycles. The monoisotopic (exact) mass is 305 g/mol. The highest BCUT2D eigenvalue weighted by molar-refractivity contribution is 9.10. The summed E-state index contributed by atoms with van der Waals surface area (Å²) in [7, 11) is 0. The average Bonchev–Trinajstić information content (AvgIpc) is 2.37. The van der Waals surface area contributed by atoms with E-state index in [0.29, 0.717) is 0 Å². The lowest BCUT2D eigenvalue weighted by atomic mass is 10.1. The third-order valence-corrected chi connectivity index (χ3v) is 3.20. The second-order valence-corrected chi connectivity index (χ2v) is 5.03. The average molecular weight is 306 g/mol. The van der Waals surface area contributed by atoms with Crippen LogP contribution in [0.15, 0.2) is 34.9 Å². The molecule has 0 amide bonds. The summed E-state index contributed by atoms with van der Waals surface area (Å²) >= 11 is 3.44. The van der Waals surface area contributed by atoms with Gasteiger partial charge in [0.1, 0.15) is 11.6 Å². The molecule has 2 rings (SSSR count). The van der Waals surface area contributed by atoms with Crippen LogP contribution in [-0.2, 0) is 6.42 Å². The molecule has 2 aromatic rings. The Morgan fingerprint density at radius 2 is 1.94 bits per heavy atom. The Hall–Kier alpha value is -1.42. The van der Waals surface area contributed by atoms with Crippen LogP contribution >= 0.6 is 15.9 Å². The number of nitrogens with one attached hydrogen (secondary N) is 1. The lowest BCUT2D eigenvalue weighted by molar-refractivity contribution is 0.955. The zero-order valence-electron chi connectivity index (χ0n) is 10.6. The number of benzene rings is 1. The van der Waals surface area contributed by atoms with E-state index in [0.717, 1.165) is 29.1 Å². The maximum absolute atomic E-state index is 4.51. The summed E-state index contributed by atoms with van der Waals surface area (Å²) < 4.78 is 0.900. The van der Waals surface area contributed by atoms with E-state index < -0.39 is 0 Å². The van der Waals surface area contributed by atoms with Gasteiger partial charge in [0.25, 0.3) is 0 Å². The van der Waals surface area contributed by atoms with E-state index in [1.807, 2.05) is 6.92 Å². The highest BCUT2D eigenvalue weighted by atomic mass is 79.9. The zero-order chi connectivity index (χ0) is 13.0. The number of aryl methyl sites for hydroxylation is 1. The molecule has 0 unspecified atom stereocenters. The van der Waals surface area contributed by atoms with Crippen molar-refractivity contribution in [3.05, 3.63) is 51.9 Å². The van der Waals surface area contributed by atoms with E-state index >= 15 is 0 Å². The highest BCUT2D eigenvalue weighted by Crippen LogP contribution is 2.19. The molecule has 0 atom stereocenters. The summed E-state index contributed by atoms with van der Waals surface area (Å²) in [5.74, 6) is 1.69. The molecule has 0 radical (unpaired) electrons. The van der Waals surface area contributed by atoms with Gasteiger partial charge >= 0.3 is 0 Å². The van der Waals surface area contributed by atoms with E-state index in [9.17, 15) is 0 Å². The first-order valence-corrected chi connectivity index (χ1v) is 6.79. The smallest absolute Gasteiger partial charge is 0.144 e. The van der Waals surface area contributed by atoms with Crippen molar-refractivity contribution in [1.29, 1.82) is 0 Å². The summed E-state index contributed by atoms with van der Waals surface area (Å²) in [4.78, 5) is 8.85. The second-order valence-electron chi connectivity index (χ2n) is 4.18. The highest BCUT2D eigenvalue weighted by Gasteiger charge is 2.05. The minimum Gasteiger partial charge on any atom is -0.369 e. The van der Waals surface area contributed by atoms with E-state index in [1.165, 1.54) is 11.1 Å². The Morgan fingerprint density at radius 1 is 1.22 bits per heavy atom. The number of hydrogen-bond donors (Lipinski definition) is 1. The molecule has 1 heterocycles. The van der Waals surface area contributed by atoms with Crippen LogP contribution < -0.4 is 5.32 Å². The first kappa shape index (κ1) is 13.0. The Morgan fingerprint density at radius 3 is 2.61 bits per heavy atom. The van der Waals surface area contributed by atoms with Gasteiger partial charge in [0.2, 0.25) is 0 Å². The van der Waals surface area contributed by atoms with Gasteiger partial charge in [0.05, 0.1) is 4.47 Å².